The van der Waals surface area contributed by atoms with E-state index in [4.69, 9.17) is 10.2 Å². The first kappa shape index (κ1) is 20.1. The maximum Gasteiger partial charge on any atom is 0.336 e. The zero-order valence-corrected chi connectivity index (χ0v) is 14.9. The number of nitrogens with zero attached hydrogens (tertiary/aromatic N) is 1. The van der Waals surface area contributed by atoms with Crippen molar-refractivity contribution in [3.05, 3.63) is 70.3 Å². The van der Waals surface area contributed by atoms with Gasteiger partial charge >= 0.3 is 17.9 Å². The molecule has 7 nitrogen and oxygen atoms in total. The van der Waals surface area contributed by atoms with Crippen LogP contribution in [0.25, 0.3) is 0 Å². The highest BCUT2D eigenvalue weighted by Gasteiger charge is 2.17. The third kappa shape index (κ3) is 5.93. The summed E-state index contributed by atoms with van der Waals surface area (Å²) in [6, 6.07) is 12.0. The van der Waals surface area contributed by atoms with Crippen LogP contribution in [0.3, 0.4) is 0 Å². The number of carboxylic acids is 3. The summed E-state index contributed by atoms with van der Waals surface area (Å²) in [5.41, 5.74) is 2.15. The summed E-state index contributed by atoms with van der Waals surface area (Å²) < 4.78 is 0. The van der Waals surface area contributed by atoms with E-state index >= 15 is 0 Å². The summed E-state index contributed by atoms with van der Waals surface area (Å²) in [7, 11) is 0. The third-order valence-electron chi connectivity index (χ3n) is 4.08. The van der Waals surface area contributed by atoms with E-state index in [1.807, 2.05) is 36.1 Å². The predicted molar refractivity (Wildman–Crippen MR) is 97.9 cm³/mol. The number of aryl methyl sites for hydroxylation is 1. The van der Waals surface area contributed by atoms with Crippen LogP contribution in [-0.2, 0) is 17.9 Å². The number of rotatable bonds is 9. The summed E-state index contributed by atoms with van der Waals surface area (Å²) in [6.07, 6.45) is -0.0508. The lowest BCUT2D eigenvalue weighted by Crippen LogP contribution is -2.26. The quantitative estimate of drug-likeness (QED) is 0.621. The smallest absolute Gasteiger partial charge is 0.336 e. The normalized spacial score (nSPS) is 10.7. The first-order chi connectivity index (χ1) is 12.8. The lowest BCUT2D eigenvalue weighted by molar-refractivity contribution is -0.137. The molecule has 0 unspecified atom stereocenters. The van der Waals surface area contributed by atoms with Gasteiger partial charge in [-0.25, -0.2) is 9.59 Å². The van der Waals surface area contributed by atoms with Crippen LogP contribution in [0.2, 0.25) is 0 Å². The van der Waals surface area contributed by atoms with Crippen LogP contribution in [-0.4, -0.2) is 44.7 Å². The molecular formula is C20H21NO6. The molecule has 0 saturated carbocycles. The lowest BCUT2D eigenvalue weighted by atomic mass is 10.0. The molecule has 3 N–H and O–H groups in total. The summed E-state index contributed by atoms with van der Waals surface area (Å²) in [4.78, 5) is 35.4. The van der Waals surface area contributed by atoms with Crippen molar-refractivity contribution in [3.8, 4) is 0 Å². The summed E-state index contributed by atoms with van der Waals surface area (Å²) >= 11 is 0. The van der Waals surface area contributed by atoms with E-state index in [-0.39, 0.29) is 24.1 Å². The molecule has 0 aliphatic rings. The van der Waals surface area contributed by atoms with Crippen LogP contribution in [0.1, 0.15) is 43.8 Å². The largest absolute Gasteiger partial charge is 0.481 e. The molecular weight excluding hydrogens is 350 g/mol. The molecule has 0 aliphatic carbocycles. The van der Waals surface area contributed by atoms with Crippen LogP contribution in [0.5, 0.6) is 0 Å². The first-order valence-electron chi connectivity index (χ1n) is 8.35. The van der Waals surface area contributed by atoms with Crippen LogP contribution >= 0.6 is 0 Å². The van der Waals surface area contributed by atoms with E-state index in [0.29, 0.717) is 18.7 Å². The fourth-order valence-electron chi connectivity index (χ4n) is 2.85. The van der Waals surface area contributed by atoms with Crippen LogP contribution in [0.4, 0.5) is 0 Å². The van der Waals surface area contributed by atoms with Gasteiger partial charge in [-0.05, 0) is 30.2 Å². The number of aromatic carboxylic acids is 2. The molecule has 0 aliphatic heterocycles. The van der Waals surface area contributed by atoms with Gasteiger partial charge in [-0.15, -0.1) is 0 Å². The molecule has 0 radical (unpaired) electrons. The molecule has 2 aromatic rings. The van der Waals surface area contributed by atoms with Gasteiger partial charge in [0.05, 0.1) is 17.5 Å². The van der Waals surface area contributed by atoms with Crippen LogP contribution in [0, 0.1) is 6.92 Å². The number of carbonyl (C=O) groups is 3. The van der Waals surface area contributed by atoms with Crippen molar-refractivity contribution in [2.45, 2.75) is 26.4 Å². The second-order valence-corrected chi connectivity index (χ2v) is 6.33. The highest BCUT2D eigenvalue weighted by molar-refractivity contribution is 6.01. The minimum atomic E-state index is -1.31. The highest BCUT2D eigenvalue weighted by Crippen LogP contribution is 2.17. The van der Waals surface area contributed by atoms with Gasteiger partial charge in [0.2, 0.25) is 0 Å². The molecule has 7 heteroatoms. The standard InChI is InChI=1S/C20H21NO6/c1-13-3-2-4-14(9-13)11-21(8-7-18(22)23)12-15-5-6-16(19(24)25)17(10-15)20(26)27/h2-6,9-10H,7-8,11-12H2,1H3,(H,22,23)(H,24,25)(H,26,27). The van der Waals surface area contributed by atoms with E-state index in [1.54, 1.807) is 6.07 Å². The molecule has 27 heavy (non-hydrogen) atoms. The van der Waals surface area contributed by atoms with Gasteiger partial charge in [0.25, 0.3) is 0 Å². The molecule has 0 bridgehead atoms. The molecule has 0 aromatic heterocycles. The Kier molecular flexibility index (Phi) is 6.67. The highest BCUT2D eigenvalue weighted by atomic mass is 16.4. The van der Waals surface area contributed by atoms with Crippen LogP contribution < -0.4 is 0 Å². The van der Waals surface area contributed by atoms with E-state index in [1.165, 1.54) is 12.1 Å². The van der Waals surface area contributed by atoms with Crippen molar-refractivity contribution in [1.29, 1.82) is 0 Å². The minimum absolute atomic E-state index is 0.0508. The molecule has 0 atom stereocenters. The molecule has 0 spiro atoms. The van der Waals surface area contributed by atoms with Crippen molar-refractivity contribution in [3.63, 3.8) is 0 Å². The Balaban J connectivity index is 2.25. The number of aliphatic carboxylic acids is 1. The van der Waals surface area contributed by atoms with Gasteiger partial charge in [-0.2, -0.15) is 0 Å². The van der Waals surface area contributed by atoms with Crippen molar-refractivity contribution in [2.24, 2.45) is 0 Å². The first-order valence-corrected chi connectivity index (χ1v) is 8.35. The molecule has 2 rings (SSSR count). The van der Waals surface area contributed by atoms with Gasteiger partial charge in [-0.3, -0.25) is 9.69 Å². The van der Waals surface area contributed by atoms with Crippen molar-refractivity contribution in [1.82, 2.24) is 4.90 Å². The number of carboxylic acid groups (broad SMARTS) is 3. The van der Waals surface area contributed by atoms with E-state index in [2.05, 4.69) is 0 Å². The van der Waals surface area contributed by atoms with Crippen LogP contribution in [0.15, 0.2) is 42.5 Å². The molecule has 142 valence electrons. The average molecular weight is 371 g/mol. The number of benzene rings is 2. The lowest BCUT2D eigenvalue weighted by Gasteiger charge is -2.22. The maximum atomic E-state index is 11.4. The van der Waals surface area contributed by atoms with Crippen molar-refractivity contribution < 1.29 is 29.7 Å². The second kappa shape index (κ2) is 8.95. The Bertz CT molecular complexity index is 861. The summed E-state index contributed by atoms with van der Waals surface area (Å²) in [5, 5.41) is 27.4. The molecule has 0 amide bonds. The SMILES string of the molecule is Cc1cccc(CN(CCC(=O)O)Cc2ccc(C(=O)O)c(C(=O)O)c2)c1. The average Bonchev–Trinajstić information content (AvgIpc) is 2.59. The zero-order valence-electron chi connectivity index (χ0n) is 14.9. The fourth-order valence-corrected chi connectivity index (χ4v) is 2.85. The Morgan fingerprint density at radius 3 is 2.04 bits per heavy atom. The Morgan fingerprint density at radius 1 is 0.852 bits per heavy atom. The van der Waals surface area contributed by atoms with E-state index in [0.717, 1.165) is 11.1 Å². The van der Waals surface area contributed by atoms with Crippen molar-refractivity contribution in [2.75, 3.05) is 6.54 Å². The number of hydrogen-bond donors (Lipinski definition) is 3. The van der Waals surface area contributed by atoms with E-state index in [9.17, 15) is 19.5 Å². The van der Waals surface area contributed by atoms with Gasteiger partial charge in [-0.1, -0.05) is 35.9 Å². The molecule has 2 aromatic carbocycles. The second-order valence-electron chi connectivity index (χ2n) is 6.33. The third-order valence-corrected chi connectivity index (χ3v) is 4.08. The van der Waals surface area contributed by atoms with Gasteiger partial charge in [0.1, 0.15) is 0 Å². The Labute approximate surface area is 156 Å². The van der Waals surface area contributed by atoms with E-state index < -0.39 is 17.9 Å². The molecule has 0 heterocycles. The monoisotopic (exact) mass is 371 g/mol. The fraction of sp³-hybridized carbons (Fsp3) is 0.250. The zero-order chi connectivity index (χ0) is 20.0. The molecule has 0 fully saturated rings. The van der Waals surface area contributed by atoms with Gasteiger partial charge < -0.3 is 15.3 Å². The van der Waals surface area contributed by atoms with Gasteiger partial charge in [0.15, 0.2) is 0 Å². The van der Waals surface area contributed by atoms with Gasteiger partial charge in [0, 0.05) is 19.6 Å². The maximum absolute atomic E-state index is 11.4. The summed E-state index contributed by atoms with van der Waals surface area (Å²) in [6.45, 7) is 3.06. The predicted octanol–water partition coefficient (Wildman–Crippen LogP) is 2.87. The Morgan fingerprint density at radius 2 is 1.48 bits per heavy atom. The minimum Gasteiger partial charge on any atom is -0.481 e. The Hall–Kier alpha value is -3.19. The number of hydrogen-bond acceptors (Lipinski definition) is 4. The summed E-state index contributed by atoms with van der Waals surface area (Å²) in [5.74, 6) is -3.54. The van der Waals surface area contributed by atoms with Crippen molar-refractivity contribution >= 4 is 17.9 Å². The molecule has 0 saturated heterocycles. The topological polar surface area (TPSA) is 115 Å².